The highest BCUT2D eigenvalue weighted by Gasteiger charge is 2.37. The minimum Gasteiger partial charge on any atom is -0.257 e. The molecule has 2 atom stereocenters. The van der Waals surface area contributed by atoms with Crippen molar-refractivity contribution in [2.75, 3.05) is 0 Å². The summed E-state index contributed by atoms with van der Waals surface area (Å²) in [6.07, 6.45) is 22.9. The standard InChI is InChI=1S/C35H55N.C2H6/c1-9-11-12-13-15-28-16-14-21-35(8,22-19-28)27(3)20-25-36-32(10-2)29-17-18-30-31(26-29)34(6,7)24-23-33(30,4)5;1-2/h10,17-18,20,25-26,28H,9,11-16,19,21-24H2,1-8H3;1-2H3/b27-20+,32-10+,36-25+;. The SMILES string of the molecule is C/C=C(/N=C/C=C(\C)C1(C)CCCC(CCCCCC)CC1)c1ccc2c(c1)C(C)(C)CCC2(C)C.CC. The number of aliphatic imine (C=N–C) groups is 1. The van der Waals surface area contributed by atoms with Crippen LogP contribution in [-0.4, -0.2) is 6.21 Å². The number of hydrogen-bond donors (Lipinski definition) is 0. The van der Waals surface area contributed by atoms with E-state index in [1.54, 1.807) is 0 Å². The van der Waals surface area contributed by atoms with Crippen LogP contribution in [0.2, 0.25) is 0 Å². The van der Waals surface area contributed by atoms with Crippen LogP contribution in [0.15, 0.2) is 40.9 Å². The molecule has 0 bridgehead atoms. The minimum atomic E-state index is 0.224. The van der Waals surface area contributed by atoms with E-state index in [1.807, 2.05) is 13.8 Å². The number of nitrogens with zero attached hydrogens (tertiary/aromatic N) is 1. The van der Waals surface area contributed by atoms with Gasteiger partial charge in [-0.2, -0.15) is 0 Å². The molecule has 1 heteroatoms. The molecule has 2 aliphatic rings. The molecular weight excluding hydrogens is 458 g/mol. The largest absolute Gasteiger partial charge is 0.257 e. The lowest BCUT2D eigenvalue weighted by molar-refractivity contribution is 0.330. The van der Waals surface area contributed by atoms with Gasteiger partial charge in [0.2, 0.25) is 0 Å². The summed E-state index contributed by atoms with van der Waals surface area (Å²) in [5, 5.41) is 0. The average Bonchev–Trinajstić information content (AvgIpc) is 3.10. The summed E-state index contributed by atoms with van der Waals surface area (Å²) in [6.45, 7) is 22.9. The Bertz CT molecular complexity index is 957. The van der Waals surface area contributed by atoms with Crippen molar-refractivity contribution in [2.45, 2.75) is 157 Å². The zero-order valence-electron chi connectivity index (χ0n) is 27.0. The third-order valence-electron chi connectivity index (χ3n) is 9.82. The number of fused-ring (bicyclic) bond motifs is 1. The van der Waals surface area contributed by atoms with E-state index >= 15 is 0 Å². The van der Waals surface area contributed by atoms with Gasteiger partial charge in [-0.25, -0.2) is 0 Å². The summed E-state index contributed by atoms with van der Waals surface area (Å²) >= 11 is 0. The number of rotatable bonds is 9. The summed E-state index contributed by atoms with van der Waals surface area (Å²) in [7, 11) is 0. The number of benzene rings is 1. The maximum Gasteiger partial charge on any atom is 0.0659 e. The van der Waals surface area contributed by atoms with Crippen LogP contribution in [0.25, 0.3) is 5.70 Å². The maximum atomic E-state index is 4.97. The minimum absolute atomic E-state index is 0.224. The van der Waals surface area contributed by atoms with Crippen LogP contribution in [0.1, 0.15) is 163 Å². The summed E-state index contributed by atoms with van der Waals surface area (Å²) in [5.74, 6) is 0.943. The Labute approximate surface area is 237 Å². The molecule has 214 valence electrons. The van der Waals surface area contributed by atoms with Crippen LogP contribution in [-0.2, 0) is 10.8 Å². The van der Waals surface area contributed by atoms with Crippen LogP contribution in [0, 0.1) is 11.3 Å². The number of hydrogen-bond acceptors (Lipinski definition) is 1. The molecule has 0 aliphatic heterocycles. The van der Waals surface area contributed by atoms with Crippen LogP contribution < -0.4 is 0 Å². The first kappa shape index (κ1) is 32.6. The van der Waals surface area contributed by atoms with Crippen molar-refractivity contribution in [3.63, 3.8) is 0 Å². The zero-order valence-corrected chi connectivity index (χ0v) is 27.0. The quantitative estimate of drug-likeness (QED) is 0.175. The topological polar surface area (TPSA) is 12.4 Å². The molecule has 0 spiro atoms. The molecule has 3 rings (SSSR count). The van der Waals surface area contributed by atoms with E-state index in [4.69, 9.17) is 4.99 Å². The highest BCUT2D eigenvalue weighted by molar-refractivity contribution is 5.81. The Balaban J connectivity index is 0.00000247. The molecule has 1 fully saturated rings. The van der Waals surface area contributed by atoms with Gasteiger partial charge >= 0.3 is 0 Å². The van der Waals surface area contributed by atoms with Crippen molar-refractivity contribution in [2.24, 2.45) is 16.3 Å². The second-order valence-electron chi connectivity index (χ2n) is 13.5. The van der Waals surface area contributed by atoms with Crippen molar-refractivity contribution in [3.8, 4) is 0 Å². The van der Waals surface area contributed by atoms with Crippen LogP contribution in [0.3, 0.4) is 0 Å². The summed E-state index contributed by atoms with van der Waals surface area (Å²) in [6, 6.07) is 7.09. The monoisotopic (exact) mass is 519 g/mol. The molecule has 0 radical (unpaired) electrons. The smallest absolute Gasteiger partial charge is 0.0659 e. The van der Waals surface area contributed by atoms with Gasteiger partial charge in [-0.1, -0.05) is 124 Å². The molecule has 1 saturated carbocycles. The highest BCUT2D eigenvalue weighted by atomic mass is 14.7. The van der Waals surface area contributed by atoms with Crippen LogP contribution >= 0.6 is 0 Å². The third kappa shape index (κ3) is 8.43. The lowest BCUT2D eigenvalue weighted by atomic mass is 9.63. The third-order valence-corrected chi connectivity index (χ3v) is 9.82. The molecule has 0 aromatic heterocycles. The van der Waals surface area contributed by atoms with E-state index in [-0.39, 0.29) is 10.8 Å². The Morgan fingerprint density at radius 2 is 1.58 bits per heavy atom. The summed E-state index contributed by atoms with van der Waals surface area (Å²) in [4.78, 5) is 4.97. The normalized spacial score (nSPS) is 25.4. The van der Waals surface area contributed by atoms with E-state index in [0.717, 1.165) is 11.6 Å². The van der Waals surface area contributed by atoms with Crippen molar-refractivity contribution in [3.05, 3.63) is 52.6 Å². The first-order chi connectivity index (χ1) is 18.0. The van der Waals surface area contributed by atoms with Gasteiger partial charge in [0.15, 0.2) is 0 Å². The van der Waals surface area contributed by atoms with E-state index in [0.29, 0.717) is 5.41 Å². The highest BCUT2D eigenvalue weighted by Crippen LogP contribution is 2.46. The van der Waals surface area contributed by atoms with Gasteiger partial charge in [0, 0.05) is 11.8 Å². The molecule has 2 aliphatic carbocycles. The lowest BCUT2D eigenvalue weighted by Gasteiger charge is -2.42. The molecule has 0 saturated heterocycles. The van der Waals surface area contributed by atoms with Gasteiger partial charge in [-0.05, 0) is 91.4 Å². The van der Waals surface area contributed by atoms with Crippen LogP contribution in [0.5, 0.6) is 0 Å². The maximum absolute atomic E-state index is 4.97. The predicted octanol–water partition coefficient (Wildman–Crippen LogP) is 12.0. The van der Waals surface area contributed by atoms with Gasteiger partial charge in [0.05, 0.1) is 5.70 Å². The fourth-order valence-corrected chi connectivity index (χ4v) is 6.61. The second-order valence-corrected chi connectivity index (χ2v) is 13.5. The summed E-state index contributed by atoms with van der Waals surface area (Å²) in [5.41, 5.74) is 7.65. The van der Waals surface area contributed by atoms with E-state index in [2.05, 4.69) is 92.0 Å². The number of allylic oxidation sites excluding steroid dienone is 3. The van der Waals surface area contributed by atoms with Crippen molar-refractivity contribution in [1.82, 2.24) is 0 Å². The molecule has 1 aromatic rings. The fraction of sp³-hybridized carbons (Fsp3) is 0.703. The molecule has 0 heterocycles. The van der Waals surface area contributed by atoms with E-state index in [1.165, 1.54) is 99.3 Å². The first-order valence-electron chi connectivity index (χ1n) is 16.1. The predicted molar refractivity (Wildman–Crippen MR) is 172 cm³/mol. The molecule has 2 unspecified atom stereocenters. The van der Waals surface area contributed by atoms with Crippen molar-refractivity contribution >= 4 is 11.9 Å². The van der Waals surface area contributed by atoms with Crippen molar-refractivity contribution in [1.29, 1.82) is 0 Å². The molecular formula is C37H61N. The van der Waals surface area contributed by atoms with Gasteiger partial charge in [0.25, 0.3) is 0 Å². The Morgan fingerprint density at radius 1 is 0.895 bits per heavy atom. The van der Waals surface area contributed by atoms with Gasteiger partial charge in [-0.3, -0.25) is 4.99 Å². The molecule has 1 nitrogen and oxygen atoms in total. The van der Waals surface area contributed by atoms with Crippen LogP contribution in [0.4, 0.5) is 0 Å². The summed E-state index contributed by atoms with van der Waals surface area (Å²) < 4.78 is 0. The van der Waals surface area contributed by atoms with E-state index in [9.17, 15) is 0 Å². The van der Waals surface area contributed by atoms with Gasteiger partial charge in [-0.15, -0.1) is 0 Å². The number of unbranched alkanes of at least 4 members (excludes halogenated alkanes) is 3. The molecule has 1 aromatic carbocycles. The lowest BCUT2D eigenvalue weighted by Crippen LogP contribution is -2.33. The molecule has 38 heavy (non-hydrogen) atoms. The second kappa shape index (κ2) is 14.7. The zero-order chi connectivity index (χ0) is 28.4. The fourth-order valence-electron chi connectivity index (χ4n) is 6.61. The Morgan fingerprint density at radius 3 is 2.24 bits per heavy atom. The van der Waals surface area contributed by atoms with Crippen molar-refractivity contribution < 1.29 is 0 Å². The Hall–Kier alpha value is -1.63. The van der Waals surface area contributed by atoms with Gasteiger partial charge < -0.3 is 0 Å². The van der Waals surface area contributed by atoms with Gasteiger partial charge in [0.1, 0.15) is 0 Å². The average molecular weight is 520 g/mol. The Kier molecular flexibility index (Phi) is 12.6. The molecule has 0 N–H and O–H groups in total. The first-order valence-corrected chi connectivity index (χ1v) is 16.1. The van der Waals surface area contributed by atoms with E-state index < -0.39 is 0 Å². The molecule has 0 amide bonds.